The lowest BCUT2D eigenvalue weighted by Crippen LogP contribution is -2.40. The van der Waals surface area contributed by atoms with Gasteiger partial charge in [-0.05, 0) is 26.3 Å². The highest BCUT2D eigenvalue weighted by Gasteiger charge is 2.24. The Balaban J connectivity index is 2.20. The van der Waals surface area contributed by atoms with Crippen molar-refractivity contribution < 1.29 is 4.74 Å². The molecule has 5 heteroatoms. The first-order chi connectivity index (χ1) is 9.15. The fourth-order valence-electron chi connectivity index (χ4n) is 2.59. The highest BCUT2D eigenvalue weighted by atomic mass is 16.5. The SMILES string of the molecule is CCCN1CCOC(c2nc(C)c(CC)c(=O)[nH]2)C1. The van der Waals surface area contributed by atoms with Gasteiger partial charge in [0.25, 0.3) is 5.56 Å². The van der Waals surface area contributed by atoms with E-state index in [9.17, 15) is 4.79 Å². The second-order valence-electron chi connectivity index (χ2n) is 5.03. The molecule has 0 aliphatic carbocycles. The molecule has 1 atom stereocenters. The third kappa shape index (κ3) is 3.22. The fourth-order valence-corrected chi connectivity index (χ4v) is 2.59. The molecule has 1 aliphatic rings. The Morgan fingerprint density at radius 3 is 2.89 bits per heavy atom. The van der Waals surface area contributed by atoms with Gasteiger partial charge in [-0.2, -0.15) is 0 Å². The van der Waals surface area contributed by atoms with Crippen molar-refractivity contribution >= 4 is 0 Å². The van der Waals surface area contributed by atoms with Crippen LogP contribution in [0.15, 0.2) is 4.79 Å². The molecule has 0 saturated carbocycles. The van der Waals surface area contributed by atoms with Crippen molar-refractivity contribution in [3.05, 3.63) is 27.4 Å². The minimum Gasteiger partial charge on any atom is -0.368 e. The molecule has 1 N–H and O–H groups in total. The summed E-state index contributed by atoms with van der Waals surface area (Å²) in [7, 11) is 0. The van der Waals surface area contributed by atoms with Gasteiger partial charge in [0.2, 0.25) is 0 Å². The van der Waals surface area contributed by atoms with Gasteiger partial charge in [-0.25, -0.2) is 4.98 Å². The number of morpholine rings is 1. The number of nitrogens with zero attached hydrogens (tertiary/aromatic N) is 2. The number of ether oxygens (including phenoxy) is 1. The van der Waals surface area contributed by atoms with Crippen LogP contribution in [-0.2, 0) is 11.2 Å². The highest BCUT2D eigenvalue weighted by Crippen LogP contribution is 2.19. The van der Waals surface area contributed by atoms with E-state index in [0.717, 1.165) is 37.3 Å². The maximum Gasteiger partial charge on any atom is 0.254 e. The molecule has 1 fully saturated rings. The number of nitrogens with one attached hydrogen (secondary N) is 1. The Morgan fingerprint density at radius 1 is 1.47 bits per heavy atom. The van der Waals surface area contributed by atoms with Crippen LogP contribution in [0.4, 0.5) is 0 Å². The molecule has 0 spiro atoms. The molecule has 1 aliphatic heterocycles. The van der Waals surface area contributed by atoms with E-state index in [4.69, 9.17) is 4.74 Å². The number of hydrogen-bond acceptors (Lipinski definition) is 4. The maximum absolute atomic E-state index is 12.0. The zero-order valence-electron chi connectivity index (χ0n) is 12.0. The molecule has 0 radical (unpaired) electrons. The predicted molar refractivity (Wildman–Crippen MR) is 74.4 cm³/mol. The van der Waals surface area contributed by atoms with Crippen molar-refractivity contribution in [2.24, 2.45) is 0 Å². The first-order valence-electron chi connectivity index (χ1n) is 7.09. The molecule has 106 valence electrons. The van der Waals surface area contributed by atoms with E-state index >= 15 is 0 Å². The largest absolute Gasteiger partial charge is 0.368 e. The highest BCUT2D eigenvalue weighted by molar-refractivity contribution is 5.17. The molecule has 1 unspecified atom stereocenters. The summed E-state index contributed by atoms with van der Waals surface area (Å²) in [5.74, 6) is 0.667. The molecular formula is C14H23N3O2. The molecule has 2 rings (SSSR count). The van der Waals surface area contributed by atoms with Crippen LogP contribution >= 0.6 is 0 Å². The summed E-state index contributed by atoms with van der Waals surface area (Å²) in [6.07, 6.45) is 1.73. The lowest BCUT2D eigenvalue weighted by Gasteiger charge is -2.32. The summed E-state index contributed by atoms with van der Waals surface area (Å²) in [6.45, 7) is 9.56. The maximum atomic E-state index is 12.0. The van der Waals surface area contributed by atoms with Gasteiger partial charge in [-0.1, -0.05) is 13.8 Å². The minimum atomic E-state index is -0.113. The van der Waals surface area contributed by atoms with Crippen LogP contribution < -0.4 is 5.56 Å². The van der Waals surface area contributed by atoms with Crippen LogP contribution in [0.2, 0.25) is 0 Å². The molecule has 1 aromatic heterocycles. The van der Waals surface area contributed by atoms with E-state index in [1.165, 1.54) is 0 Å². The van der Waals surface area contributed by atoms with Crippen molar-refractivity contribution in [1.82, 2.24) is 14.9 Å². The summed E-state index contributed by atoms with van der Waals surface area (Å²) in [6, 6.07) is 0. The van der Waals surface area contributed by atoms with Gasteiger partial charge in [0.15, 0.2) is 0 Å². The first kappa shape index (κ1) is 14.2. The van der Waals surface area contributed by atoms with Crippen LogP contribution in [0.3, 0.4) is 0 Å². The molecule has 1 aromatic rings. The zero-order valence-corrected chi connectivity index (χ0v) is 12.0. The van der Waals surface area contributed by atoms with E-state index in [1.54, 1.807) is 0 Å². The normalized spacial score (nSPS) is 20.7. The predicted octanol–water partition coefficient (Wildman–Crippen LogP) is 1.42. The van der Waals surface area contributed by atoms with E-state index in [1.807, 2.05) is 13.8 Å². The lowest BCUT2D eigenvalue weighted by atomic mass is 10.1. The second kappa shape index (κ2) is 6.30. The number of aromatic amines is 1. The summed E-state index contributed by atoms with van der Waals surface area (Å²) in [5, 5.41) is 0. The van der Waals surface area contributed by atoms with Gasteiger partial charge in [-0.15, -0.1) is 0 Å². The second-order valence-corrected chi connectivity index (χ2v) is 5.03. The van der Waals surface area contributed by atoms with Crippen molar-refractivity contribution in [2.45, 2.75) is 39.7 Å². The standard InChI is InChI=1S/C14H23N3O2/c1-4-6-17-7-8-19-12(9-17)13-15-10(3)11(5-2)14(18)16-13/h12H,4-9H2,1-3H3,(H,15,16,18). The zero-order chi connectivity index (χ0) is 13.8. The molecule has 0 aromatic carbocycles. The van der Waals surface area contributed by atoms with Gasteiger partial charge in [-0.3, -0.25) is 9.69 Å². The Hall–Kier alpha value is -1.20. The smallest absolute Gasteiger partial charge is 0.254 e. The molecule has 5 nitrogen and oxygen atoms in total. The topological polar surface area (TPSA) is 58.2 Å². The lowest BCUT2D eigenvalue weighted by molar-refractivity contribution is -0.0344. The van der Waals surface area contributed by atoms with Gasteiger partial charge in [0.05, 0.1) is 6.61 Å². The quantitative estimate of drug-likeness (QED) is 0.894. The Labute approximate surface area is 114 Å². The van der Waals surface area contributed by atoms with Crippen LogP contribution in [0.1, 0.15) is 43.5 Å². The molecule has 0 amide bonds. The third-order valence-electron chi connectivity index (χ3n) is 3.59. The van der Waals surface area contributed by atoms with E-state index < -0.39 is 0 Å². The van der Waals surface area contributed by atoms with Crippen LogP contribution in [-0.4, -0.2) is 41.1 Å². The van der Waals surface area contributed by atoms with Crippen molar-refractivity contribution in [3.8, 4) is 0 Å². The number of H-pyrrole nitrogens is 1. The monoisotopic (exact) mass is 265 g/mol. The molecule has 19 heavy (non-hydrogen) atoms. The van der Waals surface area contributed by atoms with Crippen LogP contribution in [0.5, 0.6) is 0 Å². The fraction of sp³-hybridized carbons (Fsp3) is 0.714. The Bertz CT molecular complexity index is 482. The molecule has 0 bridgehead atoms. The van der Waals surface area contributed by atoms with Gasteiger partial charge in [0.1, 0.15) is 11.9 Å². The average Bonchev–Trinajstić information content (AvgIpc) is 2.39. The van der Waals surface area contributed by atoms with Crippen molar-refractivity contribution in [1.29, 1.82) is 0 Å². The van der Waals surface area contributed by atoms with E-state index in [2.05, 4.69) is 21.8 Å². The summed E-state index contributed by atoms with van der Waals surface area (Å²) in [4.78, 5) is 21.7. The number of rotatable bonds is 4. The Kier molecular flexibility index (Phi) is 4.71. The summed E-state index contributed by atoms with van der Waals surface area (Å²) in [5.41, 5.74) is 1.56. The Morgan fingerprint density at radius 2 is 2.26 bits per heavy atom. The number of hydrogen-bond donors (Lipinski definition) is 1. The van der Waals surface area contributed by atoms with Gasteiger partial charge in [0, 0.05) is 24.3 Å². The van der Waals surface area contributed by atoms with Crippen molar-refractivity contribution in [2.75, 3.05) is 26.2 Å². The third-order valence-corrected chi connectivity index (χ3v) is 3.59. The van der Waals surface area contributed by atoms with E-state index in [0.29, 0.717) is 18.9 Å². The van der Waals surface area contributed by atoms with Gasteiger partial charge < -0.3 is 9.72 Å². The van der Waals surface area contributed by atoms with Crippen molar-refractivity contribution in [3.63, 3.8) is 0 Å². The molecule has 1 saturated heterocycles. The molecule has 2 heterocycles. The number of aromatic nitrogens is 2. The van der Waals surface area contributed by atoms with E-state index in [-0.39, 0.29) is 11.7 Å². The number of aryl methyl sites for hydroxylation is 1. The first-order valence-corrected chi connectivity index (χ1v) is 7.09. The van der Waals surface area contributed by atoms with Crippen LogP contribution in [0, 0.1) is 6.92 Å². The summed E-state index contributed by atoms with van der Waals surface area (Å²) >= 11 is 0. The minimum absolute atomic E-state index is 0.0267. The van der Waals surface area contributed by atoms with Gasteiger partial charge >= 0.3 is 0 Å². The molecular weight excluding hydrogens is 242 g/mol. The average molecular weight is 265 g/mol. The summed E-state index contributed by atoms with van der Waals surface area (Å²) < 4.78 is 5.75. The van der Waals surface area contributed by atoms with Crippen LogP contribution in [0.25, 0.3) is 0 Å².